The fourth-order valence-corrected chi connectivity index (χ4v) is 2.27. The molecule has 0 spiro atoms. The average molecular weight is 356 g/mol. The number of ether oxygens (including phenoxy) is 1. The summed E-state index contributed by atoms with van der Waals surface area (Å²) >= 11 is 3.31. The van der Waals surface area contributed by atoms with Crippen molar-refractivity contribution in [3.05, 3.63) is 34.3 Å². The van der Waals surface area contributed by atoms with Crippen LogP contribution in [0, 0.1) is 0 Å². The molecule has 0 aliphatic heterocycles. The largest absolute Gasteiger partial charge is 0.464 e. The van der Waals surface area contributed by atoms with Gasteiger partial charge in [0.25, 0.3) is 5.91 Å². The van der Waals surface area contributed by atoms with Crippen molar-refractivity contribution < 1.29 is 14.3 Å². The van der Waals surface area contributed by atoms with Crippen molar-refractivity contribution in [3.8, 4) is 0 Å². The molecule has 0 aliphatic rings. The number of hydrogen-bond acceptors (Lipinski definition) is 3. The number of rotatable bonds is 8. The van der Waals surface area contributed by atoms with Gasteiger partial charge in [-0.05, 0) is 41.4 Å². The molecule has 5 heteroatoms. The molecule has 0 bridgehead atoms. The van der Waals surface area contributed by atoms with Crippen LogP contribution in [0.25, 0.3) is 0 Å². The molecule has 1 N–H and O–H groups in total. The molecule has 0 unspecified atom stereocenters. The summed E-state index contributed by atoms with van der Waals surface area (Å²) in [6.07, 6.45) is 4.21. The van der Waals surface area contributed by atoms with Gasteiger partial charge >= 0.3 is 5.97 Å². The smallest absolute Gasteiger partial charge is 0.328 e. The van der Waals surface area contributed by atoms with E-state index in [1.165, 1.54) is 0 Å². The normalized spacial score (nSPS) is 11.8. The summed E-state index contributed by atoms with van der Waals surface area (Å²) in [5.74, 6) is -0.690. The van der Waals surface area contributed by atoms with Crippen molar-refractivity contribution in [1.82, 2.24) is 5.32 Å². The Kier molecular flexibility index (Phi) is 8.05. The van der Waals surface area contributed by atoms with Crippen molar-refractivity contribution in [2.75, 3.05) is 6.61 Å². The Labute approximate surface area is 134 Å². The number of hydrogen-bond donors (Lipinski definition) is 1. The molecule has 1 rings (SSSR count). The van der Waals surface area contributed by atoms with Gasteiger partial charge in [0.1, 0.15) is 6.04 Å². The highest BCUT2D eigenvalue weighted by Crippen LogP contribution is 2.15. The van der Waals surface area contributed by atoms with Gasteiger partial charge in [-0.2, -0.15) is 0 Å². The van der Waals surface area contributed by atoms with E-state index in [1.807, 2.05) is 6.07 Å². The maximum Gasteiger partial charge on any atom is 0.328 e. The molecule has 1 amide bonds. The second-order valence-corrected chi connectivity index (χ2v) is 5.76. The predicted octanol–water partition coefficient (Wildman–Crippen LogP) is 3.69. The van der Waals surface area contributed by atoms with Crippen molar-refractivity contribution >= 4 is 27.8 Å². The molecule has 4 nitrogen and oxygen atoms in total. The molecule has 21 heavy (non-hydrogen) atoms. The first-order valence-electron chi connectivity index (χ1n) is 7.28. The van der Waals surface area contributed by atoms with Crippen LogP contribution in [-0.4, -0.2) is 24.5 Å². The van der Waals surface area contributed by atoms with E-state index in [0.29, 0.717) is 16.6 Å². The molecule has 0 saturated carbocycles. The Morgan fingerprint density at radius 1 is 1.24 bits per heavy atom. The van der Waals surface area contributed by atoms with Gasteiger partial charge in [0, 0.05) is 4.47 Å². The number of esters is 1. The first kappa shape index (κ1) is 17.7. The standard InChI is InChI=1S/C16H22BrNO3/c1-3-4-5-8-11-21-16(20)12(2)18-15(19)13-9-6-7-10-14(13)17/h6-7,9-10,12H,3-5,8,11H2,1-2H3,(H,18,19)/t12-/m0/s1. The van der Waals surface area contributed by atoms with Crippen LogP contribution in [0.2, 0.25) is 0 Å². The van der Waals surface area contributed by atoms with Gasteiger partial charge in [0.2, 0.25) is 0 Å². The van der Waals surface area contributed by atoms with Crippen LogP contribution in [-0.2, 0) is 9.53 Å². The SMILES string of the molecule is CCCCCCOC(=O)[C@H](C)NC(=O)c1ccccc1Br. The van der Waals surface area contributed by atoms with Crippen molar-refractivity contribution in [1.29, 1.82) is 0 Å². The summed E-state index contributed by atoms with van der Waals surface area (Å²) in [6, 6.07) is 6.43. The molecule has 116 valence electrons. The number of unbranched alkanes of at least 4 members (excludes halogenated alkanes) is 3. The highest BCUT2D eigenvalue weighted by atomic mass is 79.9. The minimum absolute atomic E-state index is 0.294. The van der Waals surface area contributed by atoms with E-state index in [4.69, 9.17) is 4.74 Å². The van der Waals surface area contributed by atoms with Crippen LogP contribution in [0.3, 0.4) is 0 Å². The summed E-state index contributed by atoms with van der Waals surface area (Å²) in [5, 5.41) is 2.65. The van der Waals surface area contributed by atoms with Gasteiger partial charge in [-0.1, -0.05) is 38.3 Å². The van der Waals surface area contributed by atoms with Crippen LogP contribution in [0.1, 0.15) is 49.9 Å². The van der Waals surface area contributed by atoms with E-state index < -0.39 is 12.0 Å². The zero-order valence-electron chi connectivity index (χ0n) is 12.5. The molecular formula is C16H22BrNO3. The summed E-state index contributed by atoms with van der Waals surface area (Å²) in [4.78, 5) is 23.8. The minimum atomic E-state index is -0.657. The van der Waals surface area contributed by atoms with E-state index in [2.05, 4.69) is 28.2 Å². The van der Waals surface area contributed by atoms with Gasteiger partial charge in [-0.25, -0.2) is 4.79 Å². The second-order valence-electron chi connectivity index (χ2n) is 4.90. The molecule has 0 heterocycles. The maximum absolute atomic E-state index is 12.0. The van der Waals surface area contributed by atoms with Crippen LogP contribution < -0.4 is 5.32 Å². The topological polar surface area (TPSA) is 55.4 Å². The number of carbonyl (C=O) groups excluding carboxylic acids is 2. The molecular weight excluding hydrogens is 334 g/mol. The molecule has 0 aliphatic carbocycles. The highest BCUT2D eigenvalue weighted by Gasteiger charge is 2.18. The Morgan fingerprint density at radius 3 is 2.62 bits per heavy atom. The lowest BCUT2D eigenvalue weighted by atomic mass is 10.2. The van der Waals surface area contributed by atoms with Crippen LogP contribution in [0.5, 0.6) is 0 Å². The third-order valence-electron chi connectivity index (χ3n) is 3.06. The van der Waals surface area contributed by atoms with Gasteiger partial charge in [0.05, 0.1) is 12.2 Å². The molecule has 1 atom stereocenters. The summed E-state index contributed by atoms with van der Waals surface area (Å²) < 4.78 is 5.85. The fraction of sp³-hybridized carbons (Fsp3) is 0.500. The lowest BCUT2D eigenvalue weighted by Crippen LogP contribution is -2.39. The number of halogens is 1. The molecule has 1 aromatic rings. The zero-order valence-corrected chi connectivity index (χ0v) is 14.1. The molecule has 0 radical (unpaired) electrons. The molecule has 1 aromatic carbocycles. The number of carbonyl (C=O) groups is 2. The molecule has 0 saturated heterocycles. The van der Waals surface area contributed by atoms with Crippen molar-refractivity contribution in [2.45, 2.75) is 45.6 Å². The lowest BCUT2D eigenvalue weighted by molar-refractivity contribution is -0.145. The van der Waals surface area contributed by atoms with E-state index in [9.17, 15) is 9.59 Å². The van der Waals surface area contributed by atoms with Crippen LogP contribution >= 0.6 is 15.9 Å². The Balaban J connectivity index is 2.38. The number of benzene rings is 1. The summed E-state index contributed by atoms with van der Waals surface area (Å²) in [5.41, 5.74) is 0.500. The Bertz CT molecular complexity index is 476. The Morgan fingerprint density at radius 2 is 1.95 bits per heavy atom. The lowest BCUT2D eigenvalue weighted by Gasteiger charge is -2.14. The summed E-state index contributed by atoms with van der Waals surface area (Å²) in [6.45, 7) is 4.17. The van der Waals surface area contributed by atoms with Gasteiger partial charge in [-0.15, -0.1) is 0 Å². The quantitative estimate of drug-likeness (QED) is 0.571. The molecule has 0 aromatic heterocycles. The van der Waals surface area contributed by atoms with Gasteiger partial charge in [0.15, 0.2) is 0 Å². The maximum atomic E-state index is 12.0. The van der Waals surface area contributed by atoms with Crippen molar-refractivity contribution in [3.63, 3.8) is 0 Å². The third-order valence-corrected chi connectivity index (χ3v) is 3.75. The predicted molar refractivity (Wildman–Crippen MR) is 86.2 cm³/mol. The number of amides is 1. The highest BCUT2D eigenvalue weighted by molar-refractivity contribution is 9.10. The first-order chi connectivity index (χ1) is 10.1. The second kappa shape index (κ2) is 9.55. The monoisotopic (exact) mass is 355 g/mol. The van der Waals surface area contributed by atoms with Crippen molar-refractivity contribution in [2.24, 2.45) is 0 Å². The number of nitrogens with one attached hydrogen (secondary N) is 1. The van der Waals surface area contributed by atoms with E-state index in [1.54, 1.807) is 25.1 Å². The van der Waals surface area contributed by atoms with Gasteiger partial charge < -0.3 is 10.1 Å². The van der Waals surface area contributed by atoms with Crippen LogP contribution in [0.4, 0.5) is 0 Å². The Hall–Kier alpha value is -1.36. The first-order valence-corrected chi connectivity index (χ1v) is 8.07. The van der Waals surface area contributed by atoms with E-state index >= 15 is 0 Å². The summed E-state index contributed by atoms with van der Waals surface area (Å²) in [7, 11) is 0. The fourth-order valence-electron chi connectivity index (χ4n) is 1.81. The van der Waals surface area contributed by atoms with E-state index in [-0.39, 0.29) is 5.91 Å². The average Bonchev–Trinajstić information content (AvgIpc) is 2.47. The minimum Gasteiger partial charge on any atom is -0.464 e. The van der Waals surface area contributed by atoms with Crippen LogP contribution in [0.15, 0.2) is 28.7 Å². The van der Waals surface area contributed by atoms with Gasteiger partial charge in [-0.3, -0.25) is 4.79 Å². The zero-order chi connectivity index (χ0) is 15.7. The third kappa shape index (κ3) is 6.29. The molecule has 0 fully saturated rings. The van der Waals surface area contributed by atoms with E-state index in [0.717, 1.165) is 25.7 Å².